The maximum Gasteiger partial charge on any atom is 0.260 e. The Labute approximate surface area is 156 Å². The summed E-state index contributed by atoms with van der Waals surface area (Å²) < 4.78 is 11.6. The minimum atomic E-state index is -0.559. The van der Waals surface area contributed by atoms with Gasteiger partial charge in [0.05, 0.1) is 6.54 Å². The summed E-state index contributed by atoms with van der Waals surface area (Å²) in [6, 6.07) is 10.1. The van der Waals surface area contributed by atoms with Crippen molar-refractivity contribution in [2.24, 2.45) is 0 Å². The van der Waals surface area contributed by atoms with Crippen LogP contribution in [0.1, 0.15) is 34.7 Å². The van der Waals surface area contributed by atoms with Gasteiger partial charge >= 0.3 is 0 Å². The van der Waals surface area contributed by atoms with E-state index in [1.165, 1.54) is 5.56 Å². The second-order valence-electron chi connectivity index (χ2n) is 6.87. The molecule has 2 aromatic carbocycles. The number of carbonyl (C=O) groups excluding carboxylic acids is 1. The predicted octanol–water partition coefficient (Wildman–Crippen LogP) is 4.19. The second kappa shape index (κ2) is 8.75. The van der Waals surface area contributed by atoms with Crippen LogP contribution in [0.5, 0.6) is 11.5 Å². The molecule has 0 fully saturated rings. The summed E-state index contributed by atoms with van der Waals surface area (Å²) >= 11 is 0. The number of benzene rings is 2. The van der Waals surface area contributed by atoms with Crippen LogP contribution in [-0.2, 0) is 4.79 Å². The summed E-state index contributed by atoms with van der Waals surface area (Å²) in [4.78, 5) is 12.3. The van der Waals surface area contributed by atoms with Gasteiger partial charge in [0.1, 0.15) is 18.1 Å². The number of aryl methyl sites for hydroxylation is 4. The van der Waals surface area contributed by atoms with E-state index in [0.717, 1.165) is 33.8 Å². The van der Waals surface area contributed by atoms with E-state index in [4.69, 9.17) is 9.47 Å². The molecule has 140 valence electrons. The minimum Gasteiger partial charge on any atom is -0.491 e. The van der Waals surface area contributed by atoms with Crippen LogP contribution >= 0.6 is 0 Å². The van der Waals surface area contributed by atoms with Crippen molar-refractivity contribution in [1.82, 2.24) is 5.32 Å². The molecule has 0 radical (unpaired) electrons. The molecule has 0 aliphatic rings. The molecule has 0 aromatic heterocycles. The zero-order valence-electron chi connectivity index (χ0n) is 16.6. The average molecular weight is 355 g/mol. The van der Waals surface area contributed by atoms with Gasteiger partial charge < -0.3 is 14.8 Å². The third-order valence-corrected chi connectivity index (χ3v) is 4.43. The first kappa shape index (κ1) is 19.8. The SMILES string of the molecule is Cc1ccc(OCCNC(=O)[C@H](C)Oc2cc(C)cc(C)c2C)c(C)c1. The van der Waals surface area contributed by atoms with E-state index in [1.807, 2.05) is 45.9 Å². The van der Waals surface area contributed by atoms with E-state index >= 15 is 0 Å². The summed E-state index contributed by atoms with van der Waals surface area (Å²) in [5.74, 6) is 1.46. The zero-order chi connectivity index (χ0) is 19.3. The summed E-state index contributed by atoms with van der Waals surface area (Å²) in [7, 11) is 0. The van der Waals surface area contributed by atoms with Crippen molar-refractivity contribution in [3.8, 4) is 11.5 Å². The number of hydrogen-bond acceptors (Lipinski definition) is 3. The Morgan fingerprint density at radius 3 is 2.35 bits per heavy atom. The Morgan fingerprint density at radius 2 is 1.65 bits per heavy atom. The van der Waals surface area contributed by atoms with Crippen LogP contribution in [-0.4, -0.2) is 25.2 Å². The second-order valence-corrected chi connectivity index (χ2v) is 6.87. The summed E-state index contributed by atoms with van der Waals surface area (Å²) in [6.45, 7) is 12.8. The van der Waals surface area contributed by atoms with Crippen molar-refractivity contribution >= 4 is 5.91 Å². The van der Waals surface area contributed by atoms with E-state index < -0.39 is 6.10 Å². The first-order valence-electron chi connectivity index (χ1n) is 9.00. The summed E-state index contributed by atoms with van der Waals surface area (Å²) in [6.07, 6.45) is -0.559. The molecule has 0 aliphatic carbocycles. The molecule has 0 heterocycles. The molecular weight excluding hydrogens is 326 g/mol. The molecule has 0 bridgehead atoms. The van der Waals surface area contributed by atoms with Gasteiger partial charge in [-0.25, -0.2) is 0 Å². The lowest BCUT2D eigenvalue weighted by Crippen LogP contribution is -2.38. The van der Waals surface area contributed by atoms with E-state index in [9.17, 15) is 4.79 Å². The Balaban J connectivity index is 1.82. The lowest BCUT2D eigenvalue weighted by molar-refractivity contribution is -0.127. The highest BCUT2D eigenvalue weighted by Gasteiger charge is 2.16. The quantitative estimate of drug-likeness (QED) is 0.758. The predicted molar refractivity (Wildman–Crippen MR) is 105 cm³/mol. The molecular formula is C22H29NO3. The van der Waals surface area contributed by atoms with Gasteiger partial charge in [0.2, 0.25) is 0 Å². The molecule has 0 unspecified atom stereocenters. The van der Waals surface area contributed by atoms with Crippen molar-refractivity contribution in [2.45, 2.75) is 47.6 Å². The Bertz CT molecular complexity index is 783. The fraction of sp³-hybridized carbons (Fsp3) is 0.409. The smallest absolute Gasteiger partial charge is 0.260 e. The minimum absolute atomic E-state index is 0.146. The van der Waals surface area contributed by atoms with Crippen molar-refractivity contribution in [3.05, 3.63) is 58.1 Å². The summed E-state index contributed by atoms with van der Waals surface area (Å²) in [5.41, 5.74) is 5.65. The summed E-state index contributed by atoms with van der Waals surface area (Å²) in [5, 5.41) is 2.86. The van der Waals surface area contributed by atoms with E-state index in [-0.39, 0.29) is 5.91 Å². The van der Waals surface area contributed by atoms with Crippen LogP contribution in [0.2, 0.25) is 0 Å². The number of hydrogen-bond donors (Lipinski definition) is 1. The molecule has 2 aromatic rings. The number of ether oxygens (including phenoxy) is 2. The van der Waals surface area contributed by atoms with Gasteiger partial charge in [0.15, 0.2) is 6.10 Å². The van der Waals surface area contributed by atoms with Crippen LogP contribution in [0.4, 0.5) is 0 Å². The molecule has 0 saturated carbocycles. The van der Waals surface area contributed by atoms with Crippen LogP contribution in [0.15, 0.2) is 30.3 Å². The zero-order valence-corrected chi connectivity index (χ0v) is 16.6. The van der Waals surface area contributed by atoms with E-state index in [0.29, 0.717) is 13.2 Å². The lowest BCUT2D eigenvalue weighted by atomic mass is 10.1. The standard InChI is InChI=1S/C22H29NO3/c1-14-7-8-20(17(4)11-14)25-10-9-23-22(24)19(6)26-21-13-15(2)12-16(3)18(21)5/h7-8,11-13,19H,9-10H2,1-6H3,(H,23,24)/t19-/m0/s1. The van der Waals surface area contributed by atoms with Crippen LogP contribution in [0.3, 0.4) is 0 Å². The molecule has 4 heteroatoms. The molecule has 1 amide bonds. The molecule has 1 N–H and O–H groups in total. The lowest BCUT2D eigenvalue weighted by Gasteiger charge is -2.18. The van der Waals surface area contributed by atoms with Crippen molar-refractivity contribution in [1.29, 1.82) is 0 Å². The number of carbonyl (C=O) groups is 1. The monoisotopic (exact) mass is 355 g/mol. The average Bonchev–Trinajstić information content (AvgIpc) is 2.57. The number of amides is 1. The van der Waals surface area contributed by atoms with Gasteiger partial charge in [-0.2, -0.15) is 0 Å². The molecule has 0 spiro atoms. The fourth-order valence-electron chi connectivity index (χ4n) is 2.81. The Hall–Kier alpha value is -2.49. The topological polar surface area (TPSA) is 47.6 Å². The normalized spacial score (nSPS) is 11.8. The van der Waals surface area contributed by atoms with E-state index in [2.05, 4.69) is 24.4 Å². The van der Waals surface area contributed by atoms with E-state index in [1.54, 1.807) is 6.92 Å². The fourth-order valence-corrected chi connectivity index (χ4v) is 2.81. The molecule has 1 atom stereocenters. The first-order chi connectivity index (χ1) is 12.3. The maximum absolute atomic E-state index is 12.3. The third-order valence-electron chi connectivity index (χ3n) is 4.43. The van der Waals surface area contributed by atoms with Gasteiger partial charge in [-0.15, -0.1) is 0 Å². The maximum atomic E-state index is 12.3. The Kier molecular flexibility index (Phi) is 6.67. The van der Waals surface area contributed by atoms with Gasteiger partial charge in [0.25, 0.3) is 5.91 Å². The van der Waals surface area contributed by atoms with Crippen LogP contribution in [0.25, 0.3) is 0 Å². The van der Waals surface area contributed by atoms with Crippen molar-refractivity contribution < 1.29 is 14.3 Å². The molecule has 2 rings (SSSR count). The van der Waals surface area contributed by atoms with Gasteiger partial charge in [-0.05, 0) is 75.9 Å². The van der Waals surface area contributed by atoms with Crippen molar-refractivity contribution in [3.63, 3.8) is 0 Å². The molecule has 0 aliphatic heterocycles. The van der Waals surface area contributed by atoms with Gasteiger partial charge in [0, 0.05) is 0 Å². The Morgan fingerprint density at radius 1 is 0.962 bits per heavy atom. The highest BCUT2D eigenvalue weighted by atomic mass is 16.5. The highest BCUT2D eigenvalue weighted by molar-refractivity contribution is 5.80. The molecule has 0 saturated heterocycles. The van der Waals surface area contributed by atoms with Crippen molar-refractivity contribution in [2.75, 3.05) is 13.2 Å². The molecule has 26 heavy (non-hydrogen) atoms. The first-order valence-corrected chi connectivity index (χ1v) is 9.00. The number of rotatable bonds is 7. The molecule has 4 nitrogen and oxygen atoms in total. The van der Waals surface area contributed by atoms with Gasteiger partial charge in [-0.1, -0.05) is 23.8 Å². The third kappa shape index (κ3) is 5.25. The van der Waals surface area contributed by atoms with Crippen LogP contribution in [0, 0.1) is 34.6 Å². The van der Waals surface area contributed by atoms with Gasteiger partial charge in [-0.3, -0.25) is 4.79 Å². The highest BCUT2D eigenvalue weighted by Crippen LogP contribution is 2.24. The number of nitrogens with one attached hydrogen (secondary N) is 1. The largest absolute Gasteiger partial charge is 0.491 e. The van der Waals surface area contributed by atoms with Crippen LogP contribution < -0.4 is 14.8 Å².